The molecule has 0 bridgehead atoms. The molecule has 0 amide bonds. The maximum atomic E-state index is 14.4. The highest BCUT2D eigenvalue weighted by Gasteiger charge is 2.23. The van der Waals surface area contributed by atoms with Gasteiger partial charge < -0.3 is 10.1 Å². The third-order valence-electron chi connectivity index (χ3n) is 3.19. The Morgan fingerprint density at radius 1 is 1.05 bits per heavy atom. The van der Waals surface area contributed by atoms with Crippen molar-refractivity contribution < 1.29 is 17.9 Å². The molecule has 0 aromatic heterocycles. The number of rotatable bonds is 4. The lowest BCUT2D eigenvalue weighted by Crippen LogP contribution is -2.20. The normalized spacial score (nSPS) is 12.3. The molecule has 6 heteroatoms. The Hall–Kier alpha value is -1.53. The summed E-state index contributed by atoms with van der Waals surface area (Å²) < 4.78 is 46.2. The van der Waals surface area contributed by atoms with E-state index in [1.807, 2.05) is 0 Å². The molecule has 1 unspecified atom stereocenters. The predicted molar refractivity (Wildman–Crippen MR) is 77.9 cm³/mol. The molecule has 112 valence electrons. The highest BCUT2D eigenvalue weighted by molar-refractivity contribution is 9.10. The highest BCUT2D eigenvalue weighted by Crippen LogP contribution is 2.34. The van der Waals surface area contributed by atoms with Gasteiger partial charge in [0.1, 0.15) is 0 Å². The van der Waals surface area contributed by atoms with Crippen LogP contribution in [0.4, 0.5) is 13.2 Å². The number of nitrogens with one attached hydrogen (secondary N) is 1. The first-order valence-corrected chi connectivity index (χ1v) is 6.93. The number of hydrogen-bond acceptors (Lipinski definition) is 2. The van der Waals surface area contributed by atoms with E-state index in [-0.39, 0.29) is 15.8 Å². The van der Waals surface area contributed by atoms with Gasteiger partial charge in [-0.2, -0.15) is 0 Å². The van der Waals surface area contributed by atoms with Gasteiger partial charge in [-0.25, -0.2) is 13.2 Å². The van der Waals surface area contributed by atoms with E-state index in [9.17, 15) is 13.2 Å². The van der Waals surface area contributed by atoms with Crippen LogP contribution in [0, 0.1) is 17.5 Å². The third kappa shape index (κ3) is 2.91. The predicted octanol–water partition coefficient (Wildman–Crippen LogP) is 4.18. The molecule has 2 aromatic rings. The van der Waals surface area contributed by atoms with Gasteiger partial charge in [-0.05, 0) is 40.7 Å². The Kier molecular flexibility index (Phi) is 4.90. The van der Waals surface area contributed by atoms with Crippen LogP contribution < -0.4 is 10.1 Å². The molecule has 2 rings (SSSR count). The van der Waals surface area contributed by atoms with Crippen molar-refractivity contribution in [2.75, 3.05) is 14.2 Å². The molecule has 0 radical (unpaired) electrons. The molecule has 1 atom stereocenters. The Balaban J connectivity index is 2.58. The SMILES string of the molecule is CNC(c1cccc(OC)c1F)c1ccc(F)c(F)c1Br. The molecule has 2 nitrogen and oxygen atoms in total. The topological polar surface area (TPSA) is 21.3 Å². The Morgan fingerprint density at radius 2 is 1.76 bits per heavy atom. The van der Waals surface area contributed by atoms with Gasteiger partial charge in [0.2, 0.25) is 0 Å². The maximum Gasteiger partial charge on any atom is 0.173 e. The van der Waals surface area contributed by atoms with Crippen LogP contribution in [0.1, 0.15) is 17.2 Å². The first-order valence-electron chi connectivity index (χ1n) is 6.14. The Labute approximate surface area is 129 Å². The van der Waals surface area contributed by atoms with Crippen LogP contribution in [-0.4, -0.2) is 14.2 Å². The second-order valence-electron chi connectivity index (χ2n) is 4.35. The van der Waals surface area contributed by atoms with Crippen LogP contribution in [0.5, 0.6) is 5.75 Å². The zero-order chi connectivity index (χ0) is 15.6. The van der Waals surface area contributed by atoms with E-state index < -0.39 is 23.5 Å². The number of benzene rings is 2. The standard InChI is InChI=1S/C15H13BrF3NO/c1-20-15(8-6-7-10(17)14(19)12(8)16)9-4-3-5-11(21-2)13(9)18/h3-7,15,20H,1-2H3. The van der Waals surface area contributed by atoms with Crippen LogP contribution in [0.25, 0.3) is 0 Å². The summed E-state index contributed by atoms with van der Waals surface area (Å²) in [5, 5.41) is 2.90. The summed E-state index contributed by atoms with van der Waals surface area (Å²) in [5.74, 6) is -2.43. The molecule has 0 saturated carbocycles. The minimum atomic E-state index is -1.00. The molecule has 21 heavy (non-hydrogen) atoms. The molecular weight excluding hydrogens is 347 g/mol. The fourth-order valence-electron chi connectivity index (χ4n) is 2.15. The average molecular weight is 360 g/mol. The summed E-state index contributed by atoms with van der Waals surface area (Å²) in [6.07, 6.45) is 0. The van der Waals surface area contributed by atoms with E-state index in [1.54, 1.807) is 19.2 Å². The average Bonchev–Trinajstić information content (AvgIpc) is 2.49. The van der Waals surface area contributed by atoms with E-state index in [4.69, 9.17) is 4.74 Å². The number of methoxy groups -OCH3 is 1. The van der Waals surface area contributed by atoms with Crippen LogP contribution in [0.2, 0.25) is 0 Å². The molecular formula is C15H13BrF3NO. The number of hydrogen-bond donors (Lipinski definition) is 1. The van der Waals surface area contributed by atoms with Crippen molar-refractivity contribution in [3.05, 3.63) is 63.4 Å². The zero-order valence-electron chi connectivity index (χ0n) is 11.4. The van der Waals surface area contributed by atoms with E-state index in [0.29, 0.717) is 5.56 Å². The van der Waals surface area contributed by atoms with Crippen molar-refractivity contribution in [3.8, 4) is 5.75 Å². The van der Waals surface area contributed by atoms with Gasteiger partial charge in [0.15, 0.2) is 23.2 Å². The second kappa shape index (κ2) is 6.49. The zero-order valence-corrected chi connectivity index (χ0v) is 13.0. The molecule has 0 saturated heterocycles. The lowest BCUT2D eigenvalue weighted by atomic mass is 9.98. The summed E-state index contributed by atoms with van der Waals surface area (Å²) in [7, 11) is 2.97. The highest BCUT2D eigenvalue weighted by atomic mass is 79.9. The fourth-order valence-corrected chi connectivity index (χ4v) is 2.70. The van der Waals surface area contributed by atoms with Gasteiger partial charge in [-0.1, -0.05) is 18.2 Å². The van der Waals surface area contributed by atoms with Crippen LogP contribution in [0.15, 0.2) is 34.8 Å². The lowest BCUT2D eigenvalue weighted by molar-refractivity contribution is 0.382. The molecule has 0 aliphatic heterocycles. The monoisotopic (exact) mass is 359 g/mol. The van der Waals surface area contributed by atoms with Crippen molar-refractivity contribution in [3.63, 3.8) is 0 Å². The molecule has 0 heterocycles. The molecule has 0 aliphatic carbocycles. The molecule has 1 N–H and O–H groups in total. The van der Waals surface area contributed by atoms with Gasteiger partial charge in [0.25, 0.3) is 0 Å². The first-order chi connectivity index (χ1) is 10.0. The fraction of sp³-hybridized carbons (Fsp3) is 0.200. The summed E-state index contributed by atoms with van der Waals surface area (Å²) >= 11 is 3.02. The maximum absolute atomic E-state index is 14.4. The van der Waals surface area contributed by atoms with Gasteiger partial charge in [-0.3, -0.25) is 0 Å². The summed E-state index contributed by atoms with van der Waals surface area (Å²) in [4.78, 5) is 0. The van der Waals surface area contributed by atoms with Gasteiger partial charge in [0, 0.05) is 5.56 Å². The molecule has 0 spiro atoms. The van der Waals surface area contributed by atoms with Crippen molar-refractivity contribution in [1.29, 1.82) is 0 Å². The van der Waals surface area contributed by atoms with Crippen molar-refractivity contribution in [1.82, 2.24) is 5.32 Å². The van der Waals surface area contributed by atoms with E-state index in [1.165, 1.54) is 19.2 Å². The van der Waals surface area contributed by atoms with Gasteiger partial charge in [0.05, 0.1) is 17.6 Å². The quantitative estimate of drug-likeness (QED) is 0.826. The van der Waals surface area contributed by atoms with Gasteiger partial charge in [-0.15, -0.1) is 0 Å². The Bertz CT molecular complexity index is 664. The molecule has 0 fully saturated rings. The minimum Gasteiger partial charge on any atom is -0.494 e. The van der Waals surface area contributed by atoms with E-state index >= 15 is 0 Å². The summed E-state index contributed by atoms with van der Waals surface area (Å²) in [5.41, 5.74) is 0.673. The molecule has 0 aliphatic rings. The summed E-state index contributed by atoms with van der Waals surface area (Å²) in [6, 6.07) is 6.46. The van der Waals surface area contributed by atoms with Crippen LogP contribution >= 0.6 is 15.9 Å². The lowest BCUT2D eigenvalue weighted by Gasteiger charge is -2.20. The summed E-state index contributed by atoms with van der Waals surface area (Å²) in [6.45, 7) is 0. The Morgan fingerprint density at radius 3 is 2.38 bits per heavy atom. The second-order valence-corrected chi connectivity index (χ2v) is 5.14. The smallest absolute Gasteiger partial charge is 0.173 e. The van der Waals surface area contributed by atoms with E-state index in [2.05, 4.69) is 21.2 Å². The first kappa shape index (κ1) is 15.9. The van der Waals surface area contributed by atoms with Gasteiger partial charge >= 0.3 is 0 Å². The number of ether oxygens (including phenoxy) is 1. The van der Waals surface area contributed by atoms with Crippen LogP contribution in [-0.2, 0) is 0 Å². The van der Waals surface area contributed by atoms with Crippen LogP contribution in [0.3, 0.4) is 0 Å². The third-order valence-corrected chi connectivity index (χ3v) is 3.99. The van der Waals surface area contributed by atoms with Crippen molar-refractivity contribution >= 4 is 15.9 Å². The number of halogens is 4. The largest absolute Gasteiger partial charge is 0.494 e. The van der Waals surface area contributed by atoms with E-state index in [0.717, 1.165) is 6.07 Å². The van der Waals surface area contributed by atoms with Crippen molar-refractivity contribution in [2.45, 2.75) is 6.04 Å². The van der Waals surface area contributed by atoms with Crippen molar-refractivity contribution in [2.24, 2.45) is 0 Å². The minimum absolute atomic E-state index is 0.0379. The molecule has 2 aromatic carbocycles.